The molecule has 0 atom stereocenters. The molecule has 0 spiro atoms. The molecule has 0 aromatic carbocycles. The van der Waals surface area contributed by atoms with Crippen molar-refractivity contribution in [3.63, 3.8) is 0 Å². The van der Waals surface area contributed by atoms with Crippen LogP contribution in [0, 0.1) is 5.82 Å². The summed E-state index contributed by atoms with van der Waals surface area (Å²) < 4.78 is 12.8. The third-order valence-corrected chi connectivity index (χ3v) is 3.75. The van der Waals surface area contributed by atoms with Crippen molar-refractivity contribution in [2.24, 2.45) is 5.73 Å². The first-order valence-electron chi connectivity index (χ1n) is 7.19. The molecule has 1 aromatic rings. The molecule has 0 bridgehead atoms. The van der Waals surface area contributed by atoms with E-state index in [0.29, 0.717) is 22.8 Å². The molecule has 1 fully saturated rings. The summed E-state index contributed by atoms with van der Waals surface area (Å²) in [6.45, 7) is 5.65. The molecule has 2 rings (SSSR count). The molecule has 1 aliphatic rings. The van der Waals surface area contributed by atoms with Gasteiger partial charge in [0.05, 0.1) is 6.20 Å². The van der Waals surface area contributed by atoms with Crippen molar-refractivity contribution in [2.75, 3.05) is 5.32 Å². The van der Waals surface area contributed by atoms with Crippen LogP contribution in [0.3, 0.4) is 0 Å². The summed E-state index contributed by atoms with van der Waals surface area (Å²) in [7, 11) is 0. The van der Waals surface area contributed by atoms with Gasteiger partial charge in [-0.15, -0.1) is 0 Å². The van der Waals surface area contributed by atoms with Crippen LogP contribution in [0.15, 0.2) is 41.4 Å². The van der Waals surface area contributed by atoms with Crippen LogP contribution < -0.4 is 16.4 Å². The maximum Gasteiger partial charge on any atom is 0.256 e. The standard InChI is InChI=1S/C16H21FN4O/c1-4-12(10(2)14(18)21-16(3)7-8-16)15(22)20-13-6-5-11(17)9-19-13/h4-6,9,21H,7-8,18H2,1-3H3,(H,19,20,22)/b12-4-,14-10-. The Kier molecular flexibility index (Phi) is 4.49. The third kappa shape index (κ3) is 3.84. The van der Waals surface area contributed by atoms with Gasteiger partial charge in [-0.3, -0.25) is 4.79 Å². The van der Waals surface area contributed by atoms with E-state index in [1.807, 2.05) is 0 Å². The minimum atomic E-state index is -0.452. The number of halogens is 1. The summed E-state index contributed by atoms with van der Waals surface area (Å²) in [4.78, 5) is 16.1. The van der Waals surface area contributed by atoms with E-state index in [-0.39, 0.29) is 11.4 Å². The normalized spacial score (nSPS) is 17.5. The van der Waals surface area contributed by atoms with E-state index in [0.717, 1.165) is 19.0 Å². The van der Waals surface area contributed by atoms with Gasteiger partial charge in [-0.25, -0.2) is 9.37 Å². The largest absolute Gasteiger partial charge is 0.385 e. The molecule has 1 aromatic heterocycles. The monoisotopic (exact) mass is 304 g/mol. The van der Waals surface area contributed by atoms with E-state index in [4.69, 9.17) is 5.73 Å². The zero-order chi connectivity index (χ0) is 16.3. The molecule has 1 heterocycles. The lowest BCUT2D eigenvalue weighted by Gasteiger charge is -2.17. The summed E-state index contributed by atoms with van der Waals surface area (Å²) in [6, 6.07) is 2.65. The first kappa shape index (κ1) is 16.0. The van der Waals surface area contributed by atoms with Gasteiger partial charge in [-0.1, -0.05) is 6.08 Å². The molecule has 5 nitrogen and oxygen atoms in total. The summed E-state index contributed by atoms with van der Waals surface area (Å²) in [6.07, 6.45) is 4.88. The third-order valence-electron chi connectivity index (χ3n) is 3.75. The van der Waals surface area contributed by atoms with Gasteiger partial charge >= 0.3 is 0 Å². The highest BCUT2D eigenvalue weighted by Crippen LogP contribution is 2.35. The smallest absolute Gasteiger partial charge is 0.256 e. The van der Waals surface area contributed by atoms with Crippen LogP contribution in [-0.2, 0) is 4.79 Å². The van der Waals surface area contributed by atoms with Crippen molar-refractivity contribution in [3.8, 4) is 0 Å². The van der Waals surface area contributed by atoms with E-state index in [9.17, 15) is 9.18 Å². The van der Waals surface area contributed by atoms with Crippen LogP contribution >= 0.6 is 0 Å². The molecular weight excluding hydrogens is 283 g/mol. The Morgan fingerprint density at radius 3 is 2.64 bits per heavy atom. The zero-order valence-electron chi connectivity index (χ0n) is 13.0. The highest BCUT2D eigenvalue weighted by Gasteiger charge is 2.37. The van der Waals surface area contributed by atoms with Crippen molar-refractivity contribution >= 4 is 11.7 Å². The topological polar surface area (TPSA) is 80.0 Å². The predicted octanol–water partition coefficient (Wildman–Crippen LogP) is 2.44. The number of allylic oxidation sites excluding steroid dienone is 1. The van der Waals surface area contributed by atoms with Gasteiger partial charge in [0.25, 0.3) is 5.91 Å². The fraction of sp³-hybridized carbons (Fsp3) is 0.375. The maximum absolute atomic E-state index is 12.8. The van der Waals surface area contributed by atoms with Crippen molar-refractivity contribution in [2.45, 2.75) is 39.2 Å². The summed E-state index contributed by atoms with van der Waals surface area (Å²) in [5, 5.41) is 5.87. The lowest BCUT2D eigenvalue weighted by atomic mass is 10.1. The molecule has 0 aliphatic heterocycles. The van der Waals surface area contributed by atoms with Crippen LogP contribution in [0.5, 0.6) is 0 Å². The number of nitrogens with zero attached hydrogens (tertiary/aromatic N) is 1. The average Bonchev–Trinajstić information content (AvgIpc) is 3.19. The first-order valence-corrected chi connectivity index (χ1v) is 7.19. The van der Waals surface area contributed by atoms with Gasteiger partial charge in [0.1, 0.15) is 17.5 Å². The second-order valence-electron chi connectivity index (χ2n) is 5.74. The van der Waals surface area contributed by atoms with E-state index >= 15 is 0 Å². The molecule has 1 aliphatic carbocycles. The summed E-state index contributed by atoms with van der Waals surface area (Å²) in [5.74, 6) is 0.00538. The second kappa shape index (κ2) is 6.17. The fourth-order valence-electron chi connectivity index (χ4n) is 2.03. The molecule has 22 heavy (non-hydrogen) atoms. The Morgan fingerprint density at radius 1 is 1.45 bits per heavy atom. The van der Waals surface area contributed by atoms with Gasteiger partial charge in [0, 0.05) is 16.7 Å². The second-order valence-corrected chi connectivity index (χ2v) is 5.74. The number of aromatic nitrogens is 1. The minimum absolute atomic E-state index is 0.0409. The molecule has 0 unspecified atom stereocenters. The van der Waals surface area contributed by atoms with Crippen LogP contribution in [0.2, 0.25) is 0 Å². The van der Waals surface area contributed by atoms with Crippen molar-refractivity contribution in [1.82, 2.24) is 10.3 Å². The number of anilines is 1. The highest BCUT2D eigenvalue weighted by molar-refractivity contribution is 6.06. The molecule has 1 saturated carbocycles. The number of hydrogen-bond acceptors (Lipinski definition) is 4. The number of rotatable bonds is 5. The molecule has 0 saturated heterocycles. The summed E-state index contributed by atoms with van der Waals surface area (Å²) in [5.41, 5.74) is 7.23. The van der Waals surface area contributed by atoms with Crippen molar-refractivity contribution < 1.29 is 9.18 Å². The SMILES string of the molecule is C/C=C(C(=O)Nc1ccc(F)cn1)/C(C)=C(/N)NC1(C)CC1. The maximum atomic E-state index is 12.8. The van der Waals surface area contributed by atoms with Crippen LogP contribution in [0.1, 0.15) is 33.6 Å². The van der Waals surface area contributed by atoms with Gasteiger partial charge in [-0.05, 0) is 45.7 Å². The molecule has 1 amide bonds. The number of nitrogens with one attached hydrogen (secondary N) is 2. The van der Waals surface area contributed by atoms with Crippen molar-refractivity contribution in [1.29, 1.82) is 0 Å². The molecule has 0 radical (unpaired) electrons. The number of pyridine rings is 1. The Balaban J connectivity index is 2.11. The van der Waals surface area contributed by atoms with Crippen molar-refractivity contribution in [3.05, 3.63) is 47.2 Å². The quantitative estimate of drug-likeness (QED) is 0.576. The molecular formula is C16H21FN4O. The number of nitrogens with two attached hydrogens (primary N) is 1. The van der Waals surface area contributed by atoms with Gasteiger partial charge < -0.3 is 16.4 Å². The van der Waals surface area contributed by atoms with E-state index in [2.05, 4.69) is 22.5 Å². The number of amides is 1. The van der Waals surface area contributed by atoms with Crippen LogP contribution in [-0.4, -0.2) is 16.4 Å². The number of carbonyl (C=O) groups is 1. The summed E-state index contributed by atoms with van der Waals surface area (Å²) >= 11 is 0. The molecule has 6 heteroatoms. The molecule has 118 valence electrons. The Bertz CT molecular complexity index is 630. The first-order chi connectivity index (χ1) is 10.3. The fourth-order valence-corrected chi connectivity index (χ4v) is 2.03. The number of carbonyl (C=O) groups excluding carboxylic acids is 1. The lowest BCUT2D eigenvalue weighted by Crippen LogP contribution is -2.33. The van der Waals surface area contributed by atoms with Crippen LogP contribution in [0.25, 0.3) is 0 Å². The average molecular weight is 304 g/mol. The van der Waals surface area contributed by atoms with E-state index in [1.165, 1.54) is 12.1 Å². The van der Waals surface area contributed by atoms with E-state index < -0.39 is 5.82 Å². The minimum Gasteiger partial charge on any atom is -0.385 e. The highest BCUT2D eigenvalue weighted by atomic mass is 19.1. The van der Waals surface area contributed by atoms with Gasteiger partial charge in [0.2, 0.25) is 0 Å². The van der Waals surface area contributed by atoms with Crippen LogP contribution in [0.4, 0.5) is 10.2 Å². The zero-order valence-corrected chi connectivity index (χ0v) is 13.0. The van der Waals surface area contributed by atoms with Gasteiger partial charge in [-0.2, -0.15) is 0 Å². The van der Waals surface area contributed by atoms with Gasteiger partial charge in [0.15, 0.2) is 0 Å². The lowest BCUT2D eigenvalue weighted by molar-refractivity contribution is -0.112. The number of hydrogen-bond donors (Lipinski definition) is 3. The Morgan fingerprint density at radius 2 is 2.14 bits per heavy atom. The van der Waals surface area contributed by atoms with E-state index in [1.54, 1.807) is 19.9 Å². The Labute approximate surface area is 129 Å². The predicted molar refractivity (Wildman–Crippen MR) is 84.2 cm³/mol. The Hall–Kier alpha value is -2.37. The molecule has 4 N–H and O–H groups in total.